The summed E-state index contributed by atoms with van der Waals surface area (Å²) in [6.45, 7) is 3.35. The molecule has 1 N–H and O–H groups in total. The van der Waals surface area contributed by atoms with Crippen LogP contribution in [-0.4, -0.2) is 15.7 Å². The van der Waals surface area contributed by atoms with Gasteiger partial charge in [-0.15, -0.1) is 0 Å². The number of hydrogen-bond donors (Lipinski definition) is 1. The van der Waals surface area contributed by atoms with E-state index in [1.807, 2.05) is 6.92 Å². The Kier molecular flexibility index (Phi) is 2.03. The lowest BCUT2D eigenvalue weighted by atomic mass is 10.2. The third-order valence-corrected chi connectivity index (χ3v) is 2.66. The van der Waals surface area contributed by atoms with Crippen molar-refractivity contribution in [1.29, 1.82) is 0 Å². The predicted molar refractivity (Wildman–Crippen MR) is 52.4 cm³/mol. The van der Waals surface area contributed by atoms with E-state index < -0.39 is 0 Å². The van der Waals surface area contributed by atoms with Gasteiger partial charge in [-0.05, 0) is 6.92 Å². The Morgan fingerprint density at radius 2 is 2.21 bits per heavy atom. The zero-order valence-corrected chi connectivity index (χ0v) is 8.28. The Morgan fingerprint density at radius 3 is 2.93 bits per heavy atom. The topological polar surface area (TPSA) is 56.0 Å². The Hall–Kier alpha value is -1.36. The summed E-state index contributed by atoms with van der Waals surface area (Å²) in [6.07, 6.45) is 0. The summed E-state index contributed by atoms with van der Waals surface area (Å²) in [5, 5.41) is 3.20. The van der Waals surface area contributed by atoms with Crippen LogP contribution < -0.4 is 16.6 Å². The molecule has 2 heterocycles. The van der Waals surface area contributed by atoms with Crippen LogP contribution in [0.15, 0.2) is 15.7 Å². The lowest BCUT2D eigenvalue weighted by Crippen LogP contribution is -2.45. The second-order valence-corrected chi connectivity index (χ2v) is 3.58. The SMILES string of the molecule is C[C@@H]1NCCn2c1cc(=O)n(C)c2=O. The summed E-state index contributed by atoms with van der Waals surface area (Å²) < 4.78 is 2.80. The van der Waals surface area contributed by atoms with Crippen LogP contribution in [0.5, 0.6) is 0 Å². The van der Waals surface area contributed by atoms with Gasteiger partial charge in [0.05, 0.1) is 0 Å². The van der Waals surface area contributed by atoms with Gasteiger partial charge in [0.25, 0.3) is 5.56 Å². The van der Waals surface area contributed by atoms with Gasteiger partial charge in [-0.1, -0.05) is 0 Å². The van der Waals surface area contributed by atoms with E-state index in [1.54, 1.807) is 4.57 Å². The molecule has 1 aromatic heterocycles. The van der Waals surface area contributed by atoms with Crippen LogP contribution in [0.4, 0.5) is 0 Å². The molecule has 0 saturated heterocycles. The van der Waals surface area contributed by atoms with Gasteiger partial charge in [0.1, 0.15) is 0 Å². The molecule has 14 heavy (non-hydrogen) atoms. The molecule has 0 bridgehead atoms. The maximum Gasteiger partial charge on any atom is 0.331 e. The van der Waals surface area contributed by atoms with E-state index in [1.165, 1.54) is 13.1 Å². The van der Waals surface area contributed by atoms with E-state index in [2.05, 4.69) is 5.32 Å². The first-order valence-corrected chi connectivity index (χ1v) is 4.65. The van der Waals surface area contributed by atoms with Crippen LogP contribution >= 0.6 is 0 Å². The van der Waals surface area contributed by atoms with Crippen molar-refractivity contribution in [2.24, 2.45) is 7.05 Å². The van der Waals surface area contributed by atoms with Crippen LogP contribution in [0.3, 0.4) is 0 Å². The Bertz CT molecular complexity index is 472. The molecule has 5 heteroatoms. The van der Waals surface area contributed by atoms with Gasteiger partial charge < -0.3 is 5.32 Å². The van der Waals surface area contributed by atoms with E-state index in [0.29, 0.717) is 6.54 Å². The summed E-state index contributed by atoms with van der Waals surface area (Å²) in [6, 6.07) is 1.60. The summed E-state index contributed by atoms with van der Waals surface area (Å²) >= 11 is 0. The summed E-state index contributed by atoms with van der Waals surface area (Å²) in [4.78, 5) is 23.1. The van der Waals surface area contributed by atoms with Gasteiger partial charge >= 0.3 is 5.69 Å². The molecule has 1 aromatic rings. The normalized spacial score (nSPS) is 20.6. The molecule has 0 unspecified atom stereocenters. The fourth-order valence-corrected chi connectivity index (χ4v) is 1.77. The van der Waals surface area contributed by atoms with E-state index in [0.717, 1.165) is 16.8 Å². The van der Waals surface area contributed by atoms with Crippen molar-refractivity contribution in [3.8, 4) is 0 Å². The van der Waals surface area contributed by atoms with Crippen molar-refractivity contribution < 1.29 is 0 Å². The summed E-state index contributed by atoms with van der Waals surface area (Å²) in [7, 11) is 1.50. The van der Waals surface area contributed by atoms with E-state index >= 15 is 0 Å². The van der Waals surface area contributed by atoms with Crippen molar-refractivity contribution in [2.75, 3.05) is 6.54 Å². The number of nitrogens with zero attached hydrogens (tertiary/aromatic N) is 2. The van der Waals surface area contributed by atoms with E-state index in [-0.39, 0.29) is 17.3 Å². The molecule has 1 aliphatic rings. The third kappa shape index (κ3) is 1.21. The third-order valence-electron chi connectivity index (χ3n) is 2.66. The van der Waals surface area contributed by atoms with Crippen molar-refractivity contribution in [3.63, 3.8) is 0 Å². The standard InChI is InChI=1S/C9H13N3O2/c1-6-7-5-8(13)11(2)9(14)12(7)4-3-10-6/h5-6,10H,3-4H2,1-2H3/t6-/m0/s1. The lowest BCUT2D eigenvalue weighted by molar-refractivity contribution is 0.418. The lowest BCUT2D eigenvalue weighted by Gasteiger charge is -2.25. The largest absolute Gasteiger partial charge is 0.331 e. The van der Waals surface area contributed by atoms with Crippen LogP contribution in [0.25, 0.3) is 0 Å². The van der Waals surface area contributed by atoms with Crippen LogP contribution in [0, 0.1) is 0 Å². The molecule has 0 aromatic carbocycles. The monoisotopic (exact) mass is 195 g/mol. The molecule has 0 fully saturated rings. The average molecular weight is 195 g/mol. The quantitative estimate of drug-likeness (QED) is 0.590. The van der Waals surface area contributed by atoms with Crippen molar-refractivity contribution in [1.82, 2.24) is 14.5 Å². The molecule has 0 aliphatic carbocycles. The first-order valence-electron chi connectivity index (χ1n) is 4.65. The highest BCUT2D eigenvalue weighted by atomic mass is 16.2. The Morgan fingerprint density at radius 1 is 1.50 bits per heavy atom. The first kappa shape index (κ1) is 9.21. The van der Waals surface area contributed by atoms with Gasteiger partial charge in [-0.3, -0.25) is 13.9 Å². The minimum absolute atomic E-state index is 0.0744. The predicted octanol–water partition coefficient (Wildman–Crippen LogP) is -0.789. The van der Waals surface area contributed by atoms with Gasteiger partial charge in [-0.2, -0.15) is 0 Å². The number of fused-ring (bicyclic) bond motifs is 1. The number of rotatable bonds is 0. The average Bonchev–Trinajstić information content (AvgIpc) is 2.17. The van der Waals surface area contributed by atoms with Gasteiger partial charge in [0, 0.05) is 37.9 Å². The Balaban J connectivity index is 2.76. The fourth-order valence-electron chi connectivity index (χ4n) is 1.77. The fraction of sp³-hybridized carbons (Fsp3) is 0.556. The zero-order chi connectivity index (χ0) is 10.3. The zero-order valence-electron chi connectivity index (χ0n) is 8.28. The van der Waals surface area contributed by atoms with Crippen molar-refractivity contribution >= 4 is 0 Å². The highest BCUT2D eigenvalue weighted by Crippen LogP contribution is 2.11. The van der Waals surface area contributed by atoms with Gasteiger partial charge in [-0.25, -0.2) is 4.79 Å². The van der Waals surface area contributed by atoms with Gasteiger partial charge in [0.2, 0.25) is 0 Å². The molecule has 0 saturated carbocycles. The van der Waals surface area contributed by atoms with Crippen molar-refractivity contribution in [2.45, 2.75) is 19.5 Å². The van der Waals surface area contributed by atoms with Gasteiger partial charge in [0.15, 0.2) is 0 Å². The second kappa shape index (κ2) is 3.09. The van der Waals surface area contributed by atoms with E-state index in [9.17, 15) is 9.59 Å². The molecule has 0 spiro atoms. The van der Waals surface area contributed by atoms with Crippen LogP contribution in [-0.2, 0) is 13.6 Å². The minimum Gasteiger partial charge on any atom is -0.307 e. The molecule has 5 nitrogen and oxygen atoms in total. The number of aromatic nitrogens is 2. The molecule has 1 atom stereocenters. The van der Waals surface area contributed by atoms with Crippen LogP contribution in [0.2, 0.25) is 0 Å². The molecule has 0 radical (unpaired) electrons. The second-order valence-electron chi connectivity index (χ2n) is 3.58. The maximum absolute atomic E-state index is 11.7. The highest BCUT2D eigenvalue weighted by Gasteiger charge is 2.18. The first-order chi connectivity index (χ1) is 6.61. The summed E-state index contributed by atoms with van der Waals surface area (Å²) in [5.41, 5.74) is 0.321. The maximum atomic E-state index is 11.7. The molecular formula is C9H13N3O2. The molecule has 0 amide bonds. The number of hydrogen-bond acceptors (Lipinski definition) is 3. The highest BCUT2D eigenvalue weighted by molar-refractivity contribution is 5.09. The molecular weight excluding hydrogens is 182 g/mol. The van der Waals surface area contributed by atoms with Crippen molar-refractivity contribution in [3.05, 3.63) is 32.6 Å². The van der Waals surface area contributed by atoms with Crippen LogP contribution in [0.1, 0.15) is 18.7 Å². The van der Waals surface area contributed by atoms with E-state index in [4.69, 9.17) is 0 Å². The summed E-state index contributed by atoms with van der Waals surface area (Å²) in [5.74, 6) is 0. The minimum atomic E-state index is -0.239. The number of nitrogens with one attached hydrogen (secondary N) is 1. The molecule has 76 valence electrons. The molecule has 2 rings (SSSR count). The smallest absolute Gasteiger partial charge is 0.307 e. The Labute approximate surface area is 81.0 Å². The molecule has 1 aliphatic heterocycles.